The van der Waals surface area contributed by atoms with Crippen molar-refractivity contribution in [3.63, 3.8) is 0 Å². The van der Waals surface area contributed by atoms with Gasteiger partial charge in [0.2, 0.25) is 0 Å². The van der Waals surface area contributed by atoms with Gasteiger partial charge in [-0.15, -0.1) is 0 Å². The molecule has 4 heterocycles. The molecule has 0 unspecified atom stereocenters. The van der Waals surface area contributed by atoms with Crippen LogP contribution in [0.2, 0.25) is 0 Å². The molecule has 5 rings (SSSR count). The van der Waals surface area contributed by atoms with Crippen molar-refractivity contribution in [2.24, 2.45) is 5.92 Å². The van der Waals surface area contributed by atoms with Crippen LogP contribution in [0.1, 0.15) is 36.8 Å². The van der Waals surface area contributed by atoms with Crippen molar-refractivity contribution in [3.8, 4) is 0 Å². The summed E-state index contributed by atoms with van der Waals surface area (Å²) in [6, 6.07) is 5.66. The fraction of sp³-hybridized carbons (Fsp3) is 0.360. The molecule has 0 bridgehead atoms. The average molecular weight is 462 g/mol. The number of carbonyl (C=O) groups excluding carboxylic acids is 1. The average Bonchev–Trinajstić information content (AvgIpc) is 3.18. The van der Waals surface area contributed by atoms with E-state index in [1.165, 1.54) is 6.07 Å². The molecule has 0 radical (unpaired) electrons. The van der Waals surface area contributed by atoms with E-state index in [1.807, 2.05) is 6.07 Å². The van der Waals surface area contributed by atoms with Gasteiger partial charge in [-0.2, -0.15) is 0 Å². The Balaban J connectivity index is 1.49. The lowest BCUT2D eigenvalue weighted by molar-refractivity contribution is 0.102. The topological polar surface area (TPSA) is 87.5 Å². The summed E-state index contributed by atoms with van der Waals surface area (Å²) in [5, 5.41) is 6.46. The highest BCUT2D eigenvalue weighted by Gasteiger charge is 2.28. The SMILES string of the molecule is Cc1cn2cc(NC(=O)c3ccc(N4C[C@H](C)N[C@@H](C(C)C)C4)c4nccnc34)cc(F)c2n1. The lowest BCUT2D eigenvalue weighted by Crippen LogP contribution is -2.57. The number of piperazine rings is 1. The zero-order valence-electron chi connectivity index (χ0n) is 19.7. The van der Waals surface area contributed by atoms with Gasteiger partial charge >= 0.3 is 0 Å². The van der Waals surface area contributed by atoms with Crippen LogP contribution < -0.4 is 15.5 Å². The molecule has 4 aromatic rings. The highest BCUT2D eigenvalue weighted by Crippen LogP contribution is 2.29. The van der Waals surface area contributed by atoms with Crippen molar-refractivity contribution in [3.05, 3.63) is 60.1 Å². The minimum atomic E-state index is -0.501. The predicted octanol–water partition coefficient (Wildman–Crippen LogP) is 3.80. The number of nitrogens with zero attached hydrogens (tertiary/aromatic N) is 5. The van der Waals surface area contributed by atoms with E-state index in [-0.39, 0.29) is 11.6 Å². The number of hydrogen-bond donors (Lipinski definition) is 2. The van der Waals surface area contributed by atoms with Gasteiger partial charge in [-0.3, -0.25) is 14.8 Å². The highest BCUT2D eigenvalue weighted by atomic mass is 19.1. The molecule has 1 saturated heterocycles. The molecule has 0 saturated carbocycles. The maximum absolute atomic E-state index is 14.5. The Bertz CT molecular complexity index is 1380. The molecule has 2 atom stereocenters. The molecule has 8 nitrogen and oxygen atoms in total. The lowest BCUT2D eigenvalue weighted by Gasteiger charge is -2.41. The molecule has 2 N–H and O–H groups in total. The molecule has 3 aromatic heterocycles. The number of nitrogens with one attached hydrogen (secondary N) is 2. The molecule has 1 aliphatic rings. The fourth-order valence-electron chi connectivity index (χ4n) is 4.64. The first kappa shape index (κ1) is 22.2. The van der Waals surface area contributed by atoms with E-state index >= 15 is 0 Å². The van der Waals surface area contributed by atoms with Gasteiger partial charge in [-0.1, -0.05) is 13.8 Å². The van der Waals surface area contributed by atoms with E-state index < -0.39 is 5.82 Å². The number of rotatable bonds is 4. The van der Waals surface area contributed by atoms with Crippen molar-refractivity contribution < 1.29 is 9.18 Å². The monoisotopic (exact) mass is 461 g/mol. The second-order valence-corrected chi connectivity index (χ2v) is 9.35. The van der Waals surface area contributed by atoms with Gasteiger partial charge in [0.05, 0.1) is 22.6 Å². The number of amides is 1. The molecule has 1 aromatic carbocycles. The predicted molar refractivity (Wildman–Crippen MR) is 131 cm³/mol. The number of hydrogen-bond acceptors (Lipinski definition) is 6. The number of halogens is 1. The number of aryl methyl sites for hydroxylation is 1. The third kappa shape index (κ3) is 4.07. The number of carbonyl (C=O) groups is 1. The van der Waals surface area contributed by atoms with Crippen LogP contribution in [0, 0.1) is 18.7 Å². The van der Waals surface area contributed by atoms with Gasteiger partial charge in [0.1, 0.15) is 11.0 Å². The van der Waals surface area contributed by atoms with Crippen molar-refractivity contribution in [2.45, 2.75) is 39.8 Å². The number of aromatic nitrogens is 4. The van der Waals surface area contributed by atoms with E-state index in [4.69, 9.17) is 0 Å². The largest absolute Gasteiger partial charge is 0.367 e. The maximum Gasteiger partial charge on any atom is 0.257 e. The lowest BCUT2D eigenvalue weighted by atomic mass is 9.98. The number of imidazole rings is 1. The van der Waals surface area contributed by atoms with Crippen molar-refractivity contribution >= 4 is 34.0 Å². The number of benzene rings is 1. The first-order valence-corrected chi connectivity index (χ1v) is 11.5. The highest BCUT2D eigenvalue weighted by molar-refractivity contribution is 6.13. The van der Waals surface area contributed by atoms with E-state index in [0.29, 0.717) is 46.0 Å². The summed E-state index contributed by atoms with van der Waals surface area (Å²) < 4.78 is 16.0. The van der Waals surface area contributed by atoms with Gasteiger partial charge < -0.3 is 19.9 Å². The quantitative estimate of drug-likeness (QED) is 0.481. The molecule has 1 fully saturated rings. The van der Waals surface area contributed by atoms with E-state index in [1.54, 1.807) is 42.2 Å². The normalized spacial score (nSPS) is 18.7. The molecule has 1 aliphatic heterocycles. The summed E-state index contributed by atoms with van der Waals surface area (Å²) in [5.74, 6) is -0.385. The molecular formula is C25H28FN7O. The summed E-state index contributed by atoms with van der Waals surface area (Å²) in [6.45, 7) is 10.1. The molecule has 176 valence electrons. The molecule has 0 spiro atoms. The van der Waals surface area contributed by atoms with Crippen molar-refractivity contribution in [1.82, 2.24) is 24.7 Å². The van der Waals surface area contributed by atoms with Crippen LogP contribution in [0.15, 0.2) is 43.0 Å². The van der Waals surface area contributed by atoms with Crippen molar-refractivity contribution in [1.29, 1.82) is 0 Å². The Labute approximate surface area is 197 Å². The number of fused-ring (bicyclic) bond motifs is 2. The first-order chi connectivity index (χ1) is 16.3. The van der Waals surface area contributed by atoms with Gasteiger partial charge in [0.15, 0.2) is 11.5 Å². The van der Waals surface area contributed by atoms with Crippen LogP contribution in [-0.4, -0.2) is 50.4 Å². The van der Waals surface area contributed by atoms with Gasteiger partial charge in [0.25, 0.3) is 5.91 Å². The van der Waals surface area contributed by atoms with Crippen LogP contribution >= 0.6 is 0 Å². The minimum Gasteiger partial charge on any atom is -0.367 e. The Kier molecular flexibility index (Phi) is 5.65. The maximum atomic E-state index is 14.5. The Morgan fingerprint density at radius 3 is 2.71 bits per heavy atom. The minimum absolute atomic E-state index is 0.223. The Morgan fingerprint density at radius 2 is 1.94 bits per heavy atom. The zero-order chi connectivity index (χ0) is 24.0. The summed E-state index contributed by atoms with van der Waals surface area (Å²) in [7, 11) is 0. The zero-order valence-corrected chi connectivity index (χ0v) is 19.7. The van der Waals surface area contributed by atoms with Gasteiger partial charge in [0, 0.05) is 56.0 Å². The van der Waals surface area contributed by atoms with E-state index in [9.17, 15) is 9.18 Å². The summed E-state index contributed by atoms with van der Waals surface area (Å²) in [5.41, 5.74) is 3.80. The van der Waals surface area contributed by atoms with Crippen LogP contribution in [0.3, 0.4) is 0 Å². The third-order valence-electron chi connectivity index (χ3n) is 6.29. The van der Waals surface area contributed by atoms with Gasteiger partial charge in [-0.05, 0) is 31.9 Å². The Hall–Kier alpha value is -3.59. The number of pyridine rings is 1. The summed E-state index contributed by atoms with van der Waals surface area (Å²) in [4.78, 5) is 28.8. The summed E-state index contributed by atoms with van der Waals surface area (Å²) in [6.07, 6.45) is 6.58. The number of anilines is 2. The van der Waals surface area contributed by atoms with Gasteiger partial charge in [-0.25, -0.2) is 9.37 Å². The van der Waals surface area contributed by atoms with E-state index in [2.05, 4.69) is 51.3 Å². The fourth-order valence-corrected chi connectivity index (χ4v) is 4.64. The van der Waals surface area contributed by atoms with Crippen molar-refractivity contribution in [2.75, 3.05) is 23.3 Å². The first-order valence-electron chi connectivity index (χ1n) is 11.5. The summed E-state index contributed by atoms with van der Waals surface area (Å²) >= 11 is 0. The van der Waals surface area contributed by atoms with Crippen LogP contribution in [-0.2, 0) is 0 Å². The van der Waals surface area contributed by atoms with Crippen LogP contribution in [0.4, 0.5) is 15.8 Å². The molecule has 1 amide bonds. The molecule has 9 heteroatoms. The van der Waals surface area contributed by atoms with E-state index in [0.717, 1.165) is 18.8 Å². The Morgan fingerprint density at radius 1 is 1.18 bits per heavy atom. The van der Waals surface area contributed by atoms with Crippen LogP contribution in [0.5, 0.6) is 0 Å². The smallest absolute Gasteiger partial charge is 0.257 e. The molecule has 34 heavy (non-hydrogen) atoms. The molecular weight excluding hydrogens is 433 g/mol. The van der Waals surface area contributed by atoms with Crippen LogP contribution in [0.25, 0.3) is 16.7 Å². The standard InChI is InChI=1S/C25H28FN7O/c1-14(2)20-13-32(10-15(3)29-20)21-6-5-18(22-23(21)28-8-7-27-22)25(34)31-17-9-19(26)24-30-16(4)11-33(24)12-17/h5-9,11-12,14-15,20,29H,10,13H2,1-4H3,(H,31,34)/t15-,20+/m0/s1. The second-order valence-electron chi connectivity index (χ2n) is 9.35. The third-order valence-corrected chi connectivity index (χ3v) is 6.29. The molecule has 0 aliphatic carbocycles. The second kappa shape index (κ2) is 8.64.